The maximum absolute atomic E-state index is 6.79. The van der Waals surface area contributed by atoms with E-state index < -0.39 is 0 Å². The molecule has 0 aromatic heterocycles. The van der Waals surface area contributed by atoms with Gasteiger partial charge in [-0.3, -0.25) is 0 Å². The second kappa shape index (κ2) is 12.9. The Kier molecular flexibility index (Phi) is 7.26. The molecule has 2 nitrogen and oxygen atoms in total. The fraction of sp³-hybridized carbons (Fsp3) is 0. The van der Waals surface area contributed by atoms with Crippen molar-refractivity contribution in [2.45, 2.75) is 0 Å². The predicted molar refractivity (Wildman–Crippen MR) is 240 cm³/mol. The zero-order valence-corrected chi connectivity index (χ0v) is 31.4. The van der Waals surface area contributed by atoms with Crippen molar-refractivity contribution in [1.29, 1.82) is 0 Å². The SMILES string of the molecule is c1ccc2c(c1)-c1cc(-c3ccc4c(c3)-c3ccccc3-c3cc(-c5cccc6ccccc56)ccc3O4)ccc1Oc1ccc(-c3cccc4ccccc34)cc1-2. The molecule has 0 atom stereocenters. The van der Waals surface area contributed by atoms with Crippen molar-refractivity contribution in [2.75, 3.05) is 0 Å². The van der Waals surface area contributed by atoms with Crippen molar-refractivity contribution >= 4 is 21.5 Å². The predicted octanol–water partition coefficient (Wildman–Crippen LogP) is 15.9. The highest BCUT2D eigenvalue weighted by Crippen LogP contribution is 2.51. The van der Waals surface area contributed by atoms with Crippen LogP contribution in [0, 0.1) is 0 Å². The smallest absolute Gasteiger partial charge is 0.135 e. The second-order valence-electron chi connectivity index (χ2n) is 15.2. The zero-order valence-electron chi connectivity index (χ0n) is 31.4. The monoisotopic (exact) mass is 738 g/mol. The van der Waals surface area contributed by atoms with E-state index in [1.807, 2.05) is 0 Å². The average Bonchev–Trinajstić information content (AvgIpc) is 3.52. The molecular formula is C56H34O2. The fourth-order valence-electron chi connectivity index (χ4n) is 9.11. The van der Waals surface area contributed by atoms with Crippen LogP contribution in [0.2, 0.25) is 0 Å². The van der Waals surface area contributed by atoms with Gasteiger partial charge in [-0.2, -0.15) is 0 Å². The summed E-state index contributed by atoms with van der Waals surface area (Å²) in [4.78, 5) is 0. The van der Waals surface area contributed by atoms with Gasteiger partial charge in [-0.1, -0.05) is 158 Å². The number of fused-ring (bicyclic) bond motifs is 12. The third-order valence-corrected chi connectivity index (χ3v) is 11.9. The maximum Gasteiger partial charge on any atom is 0.135 e. The first kappa shape index (κ1) is 32.6. The number of ether oxygens (including phenoxy) is 2. The minimum Gasteiger partial charge on any atom is -0.456 e. The van der Waals surface area contributed by atoms with Gasteiger partial charge in [0, 0.05) is 22.3 Å². The largest absolute Gasteiger partial charge is 0.456 e. The average molecular weight is 739 g/mol. The topological polar surface area (TPSA) is 18.5 Å². The van der Waals surface area contributed by atoms with E-state index in [9.17, 15) is 0 Å². The minimum absolute atomic E-state index is 0.841. The van der Waals surface area contributed by atoms with Crippen LogP contribution in [0.5, 0.6) is 23.0 Å². The molecule has 0 unspecified atom stereocenters. The van der Waals surface area contributed by atoms with Crippen LogP contribution in [0.1, 0.15) is 0 Å². The molecule has 0 aliphatic carbocycles. The van der Waals surface area contributed by atoms with Crippen molar-refractivity contribution in [2.24, 2.45) is 0 Å². The number of hydrogen-bond acceptors (Lipinski definition) is 2. The standard InChI is InChI=1S/C56H34O2/c1-3-15-41-35(11-1)13-9-21-43(41)39-25-29-55-51(33-39)47-19-7-5-17-45(47)49-31-37(23-27-53(49)57-55)38-24-28-54-50(32-38)46-18-6-8-20-48(46)52-34-40(26-30-56(52)58-54)44-22-10-14-36-12-2-4-16-42(36)44/h1-34H. The molecule has 2 aliphatic heterocycles. The fourth-order valence-corrected chi connectivity index (χ4v) is 9.11. The molecule has 2 heteroatoms. The van der Waals surface area contributed by atoms with Crippen molar-refractivity contribution in [3.8, 4) is 101 Å². The van der Waals surface area contributed by atoms with Crippen LogP contribution in [0.4, 0.5) is 0 Å². The molecule has 0 bridgehead atoms. The Morgan fingerprint density at radius 1 is 0.207 bits per heavy atom. The van der Waals surface area contributed by atoms with E-state index in [-0.39, 0.29) is 0 Å². The quantitative estimate of drug-likeness (QED) is 0.180. The normalized spacial score (nSPS) is 12.1. The molecule has 10 aromatic carbocycles. The van der Waals surface area contributed by atoms with E-state index in [0.717, 1.165) is 78.6 Å². The molecule has 12 rings (SSSR count). The molecule has 0 spiro atoms. The van der Waals surface area contributed by atoms with Crippen LogP contribution in [-0.2, 0) is 0 Å². The van der Waals surface area contributed by atoms with Crippen LogP contribution in [0.3, 0.4) is 0 Å². The lowest BCUT2D eigenvalue weighted by Crippen LogP contribution is -1.90. The Labute approximate surface area is 336 Å². The van der Waals surface area contributed by atoms with Gasteiger partial charge in [0.1, 0.15) is 23.0 Å². The Morgan fingerprint density at radius 2 is 0.500 bits per heavy atom. The van der Waals surface area contributed by atoms with Gasteiger partial charge in [0.25, 0.3) is 0 Å². The van der Waals surface area contributed by atoms with Crippen molar-refractivity contribution in [3.63, 3.8) is 0 Å². The molecule has 0 saturated carbocycles. The Hall–Kier alpha value is -7.68. The van der Waals surface area contributed by atoms with Crippen molar-refractivity contribution < 1.29 is 9.47 Å². The van der Waals surface area contributed by atoms with Crippen LogP contribution in [0.25, 0.3) is 99.4 Å². The third kappa shape index (κ3) is 5.19. The van der Waals surface area contributed by atoms with E-state index in [1.165, 1.54) is 43.8 Å². The molecule has 0 fully saturated rings. The number of benzene rings is 10. The Bertz CT molecular complexity index is 3070. The van der Waals surface area contributed by atoms with Gasteiger partial charge >= 0.3 is 0 Å². The van der Waals surface area contributed by atoms with Crippen LogP contribution in [0.15, 0.2) is 206 Å². The summed E-state index contributed by atoms with van der Waals surface area (Å²) in [6.45, 7) is 0. The molecule has 10 aromatic rings. The van der Waals surface area contributed by atoms with Gasteiger partial charge in [-0.25, -0.2) is 0 Å². The Morgan fingerprint density at radius 3 is 0.897 bits per heavy atom. The highest BCUT2D eigenvalue weighted by molar-refractivity contribution is 6.01. The highest BCUT2D eigenvalue weighted by Gasteiger charge is 2.25. The number of rotatable bonds is 3. The van der Waals surface area contributed by atoms with E-state index in [2.05, 4.69) is 206 Å². The molecular weight excluding hydrogens is 705 g/mol. The summed E-state index contributed by atoms with van der Waals surface area (Å²) in [5, 5.41) is 4.94. The summed E-state index contributed by atoms with van der Waals surface area (Å²) in [7, 11) is 0. The zero-order chi connectivity index (χ0) is 38.2. The van der Waals surface area contributed by atoms with E-state index >= 15 is 0 Å². The summed E-state index contributed by atoms with van der Waals surface area (Å²) in [5.74, 6) is 3.39. The van der Waals surface area contributed by atoms with Crippen molar-refractivity contribution in [3.05, 3.63) is 206 Å². The molecule has 0 radical (unpaired) electrons. The van der Waals surface area contributed by atoms with Gasteiger partial charge < -0.3 is 9.47 Å². The van der Waals surface area contributed by atoms with Gasteiger partial charge in [-0.05, 0) is 126 Å². The minimum atomic E-state index is 0.841. The first-order valence-electron chi connectivity index (χ1n) is 19.8. The molecule has 0 N–H and O–H groups in total. The summed E-state index contributed by atoms with van der Waals surface area (Å²) >= 11 is 0. The van der Waals surface area contributed by atoms with Gasteiger partial charge in [0.05, 0.1) is 0 Å². The first-order valence-corrected chi connectivity index (χ1v) is 19.8. The van der Waals surface area contributed by atoms with Crippen LogP contribution < -0.4 is 9.47 Å². The lowest BCUT2D eigenvalue weighted by atomic mass is 9.89. The summed E-state index contributed by atoms with van der Waals surface area (Å²) < 4.78 is 13.6. The third-order valence-electron chi connectivity index (χ3n) is 11.9. The molecule has 0 amide bonds. The van der Waals surface area contributed by atoms with Gasteiger partial charge in [-0.15, -0.1) is 0 Å². The lowest BCUT2D eigenvalue weighted by Gasteiger charge is -2.14. The Balaban J connectivity index is 0.951. The highest BCUT2D eigenvalue weighted by atomic mass is 16.5. The van der Waals surface area contributed by atoms with Crippen molar-refractivity contribution in [1.82, 2.24) is 0 Å². The molecule has 0 saturated heterocycles. The van der Waals surface area contributed by atoms with Gasteiger partial charge in [0.2, 0.25) is 0 Å². The lowest BCUT2D eigenvalue weighted by molar-refractivity contribution is 0.487. The van der Waals surface area contributed by atoms with E-state index in [0.29, 0.717) is 0 Å². The molecule has 58 heavy (non-hydrogen) atoms. The number of hydrogen-bond donors (Lipinski definition) is 0. The van der Waals surface area contributed by atoms with Gasteiger partial charge in [0.15, 0.2) is 0 Å². The van der Waals surface area contributed by atoms with Crippen LogP contribution in [-0.4, -0.2) is 0 Å². The molecule has 270 valence electrons. The summed E-state index contributed by atoms with van der Waals surface area (Å²) in [5.41, 5.74) is 15.9. The second-order valence-corrected chi connectivity index (χ2v) is 15.2. The van der Waals surface area contributed by atoms with Crippen LogP contribution >= 0.6 is 0 Å². The summed E-state index contributed by atoms with van der Waals surface area (Å²) in [6.07, 6.45) is 0. The molecule has 2 aliphatic rings. The maximum atomic E-state index is 6.79. The van der Waals surface area contributed by atoms with E-state index in [1.54, 1.807) is 0 Å². The first-order chi connectivity index (χ1) is 28.7. The summed E-state index contributed by atoms with van der Waals surface area (Å²) in [6, 6.07) is 73.9. The molecule has 2 heterocycles. The van der Waals surface area contributed by atoms with E-state index in [4.69, 9.17) is 9.47 Å².